The monoisotopic (exact) mass is 563 g/mol. The van der Waals surface area contributed by atoms with Crippen molar-refractivity contribution in [2.75, 3.05) is 0 Å². The molecule has 7 aromatic rings. The molecule has 0 bridgehead atoms. The molecule has 2 aromatic heterocycles. The summed E-state index contributed by atoms with van der Waals surface area (Å²) < 4.78 is 0. The third-order valence-corrected chi connectivity index (χ3v) is 8.56. The lowest BCUT2D eigenvalue weighted by Crippen LogP contribution is -2.02. The number of aromatic nitrogens is 3. The highest BCUT2D eigenvalue weighted by Gasteiger charge is 2.19. The van der Waals surface area contributed by atoms with Crippen molar-refractivity contribution in [2.45, 2.75) is 12.8 Å². The smallest absolute Gasteiger partial charge is 0.160 e. The SMILES string of the molecule is C1=C(c2ccccc2)CCC(c2nc(-c3cc4ccccc4c4ccccc34)ncc2-c2cccc(-c3cccnc3)c2)=C1. The van der Waals surface area contributed by atoms with Gasteiger partial charge in [-0.1, -0.05) is 115 Å². The topological polar surface area (TPSA) is 38.7 Å². The van der Waals surface area contributed by atoms with E-state index in [1.165, 1.54) is 32.9 Å². The third-order valence-electron chi connectivity index (χ3n) is 8.56. The van der Waals surface area contributed by atoms with Crippen LogP contribution in [0.2, 0.25) is 0 Å². The van der Waals surface area contributed by atoms with Crippen molar-refractivity contribution < 1.29 is 0 Å². The van der Waals surface area contributed by atoms with Crippen LogP contribution in [0.1, 0.15) is 24.1 Å². The van der Waals surface area contributed by atoms with Gasteiger partial charge in [0.15, 0.2) is 5.82 Å². The van der Waals surface area contributed by atoms with Crippen molar-refractivity contribution in [3.63, 3.8) is 0 Å². The molecule has 3 nitrogen and oxygen atoms in total. The molecule has 0 saturated heterocycles. The van der Waals surface area contributed by atoms with Gasteiger partial charge in [-0.2, -0.15) is 0 Å². The Bertz CT molecular complexity index is 2210. The zero-order valence-electron chi connectivity index (χ0n) is 24.2. The van der Waals surface area contributed by atoms with Crippen molar-refractivity contribution in [3.05, 3.63) is 163 Å². The average Bonchev–Trinajstić information content (AvgIpc) is 3.12. The van der Waals surface area contributed by atoms with E-state index in [9.17, 15) is 0 Å². The van der Waals surface area contributed by atoms with E-state index in [1.807, 2.05) is 18.5 Å². The van der Waals surface area contributed by atoms with E-state index >= 15 is 0 Å². The van der Waals surface area contributed by atoms with Gasteiger partial charge in [-0.25, -0.2) is 9.97 Å². The van der Waals surface area contributed by atoms with Crippen LogP contribution >= 0.6 is 0 Å². The molecule has 0 amide bonds. The summed E-state index contributed by atoms with van der Waals surface area (Å²) in [5, 5.41) is 4.80. The van der Waals surface area contributed by atoms with Crippen molar-refractivity contribution in [1.82, 2.24) is 15.0 Å². The summed E-state index contributed by atoms with van der Waals surface area (Å²) in [6.07, 6.45) is 12.1. The molecule has 0 radical (unpaired) electrons. The second-order valence-corrected chi connectivity index (χ2v) is 11.2. The number of pyridine rings is 1. The Morgan fingerprint density at radius 2 is 1.18 bits per heavy atom. The quantitative estimate of drug-likeness (QED) is 0.196. The Balaban J connectivity index is 1.32. The van der Waals surface area contributed by atoms with E-state index in [2.05, 4.69) is 132 Å². The lowest BCUT2D eigenvalue weighted by Gasteiger charge is -2.19. The van der Waals surface area contributed by atoms with Gasteiger partial charge in [0, 0.05) is 35.3 Å². The van der Waals surface area contributed by atoms with Crippen molar-refractivity contribution in [1.29, 1.82) is 0 Å². The molecular formula is C41H29N3. The van der Waals surface area contributed by atoms with Crippen LogP contribution in [0, 0.1) is 0 Å². The maximum Gasteiger partial charge on any atom is 0.160 e. The largest absolute Gasteiger partial charge is 0.264 e. The third kappa shape index (κ3) is 4.79. The highest BCUT2D eigenvalue weighted by molar-refractivity contribution is 6.13. The summed E-state index contributed by atoms with van der Waals surface area (Å²) in [6, 6.07) is 42.7. The number of allylic oxidation sites excluding steroid dienone is 4. The first-order chi connectivity index (χ1) is 21.8. The Hall–Kier alpha value is -5.67. The minimum absolute atomic E-state index is 0.743. The maximum absolute atomic E-state index is 5.38. The lowest BCUT2D eigenvalue weighted by molar-refractivity contribution is 1.04. The minimum Gasteiger partial charge on any atom is -0.264 e. The molecule has 208 valence electrons. The molecule has 1 aliphatic carbocycles. The molecule has 0 unspecified atom stereocenters. The molecule has 1 aliphatic rings. The van der Waals surface area contributed by atoms with E-state index in [4.69, 9.17) is 9.97 Å². The van der Waals surface area contributed by atoms with E-state index < -0.39 is 0 Å². The van der Waals surface area contributed by atoms with Gasteiger partial charge in [0.1, 0.15) is 0 Å². The second kappa shape index (κ2) is 11.2. The van der Waals surface area contributed by atoms with Crippen LogP contribution in [0.15, 0.2) is 152 Å². The Kier molecular flexibility index (Phi) is 6.62. The summed E-state index contributed by atoms with van der Waals surface area (Å²) in [6.45, 7) is 0. The molecule has 0 saturated carbocycles. The first kappa shape index (κ1) is 26.0. The van der Waals surface area contributed by atoms with Crippen molar-refractivity contribution >= 4 is 32.7 Å². The molecular weight excluding hydrogens is 534 g/mol. The zero-order valence-corrected chi connectivity index (χ0v) is 24.2. The van der Waals surface area contributed by atoms with Gasteiger partial charge in [-0.05, 0) is 80.4 Å². The molecule has 5 aromatic carbocycles. The normalized spacial score (nSPS) is 13.1. The van der Waals surface area contributed by atoms with Gasteiger partial charge in [0.05, 0.1) is 5.69 Å². The first-order valence-electron chi connectivity index (χ1n) is 15.1. The predicted octanol–water partition coefficient (Wildman–Crippen LogP) is 10.4. The van der Waals surface area contributed by atoms with E-state index in [0.717, 1.165) is 57.6 Å². The summed E-state index contributed by atoms with van der Waals surface area (Å²) in [5.74, 6) is 0.743. The highest BCUT2D eigenvalue weighted by atomic mass is 14.9. The molecule has 3 heteroatoms. The summed E-state index contributed by atoms with van der Waals surface area (Å²) in [4.78, 5) is 14.8. The molecule has 0 spiro atoms. The number of fused-ring (bicyclic) bond motifs is 3. The molecule has 2 heterocycles. The number of rotatable bonds is 5. The Labute approximate surface area is 256 Å². The van der Waals surface area contributed by atoms with Gasteiger partial charge in [-0.15, -0.1) is 0 Å². The summed E-state index contributed by atoms with van der Waals surface area (Å²) in [5.41, 5.74) is 10.2. The average molecular weight is 564 g/mol. The fraction of sp³-hybridized carbons (Fsp3) is 0.0488. The number of nitrogens with zero attached hydrogens (tertiary/aromatic N) is 3. The molecule has 8 rings (SSSR count). The van der Waals surface area contributed by atoms with Crippen molar-refractivity contribution in [2.24, 2.45) is 0 Å². The van der Waals surface area contributed by atoms with E-state index in [0.29, 0.717) is 0 Å². The van der Waals surface area contributed by atoms with Crippen LogP contribution in [0.5, 0.6) is 0 Å². The van der Waals surface area contributed by atoms with Crippen LogP contribution in [-0.4, -0.2) is 15.0 Å². The lowest BCUT2D eigenvalue weighted by atomic mass is 9.89. The van der Waals surface area contributed by atoms with E-state index in [-0.39, 0.29) is 0 Å². The zero-order chi connectivity index (χ0) is 29.3. The van der Waals surface area contributed by atoms with Gasteiger partial charge in [0.2, 0.25) is 0 Å². The summed E-state index contributed by atoms with van der Waals surface area (Å²) >= 11 is 0. The molecule has 0 fully saturated rings. The number of hydrogen-bond donors (Lipinski definition) is 0. The van der Waals surface area contributed by atoms with Crippen LogP contribution in [-0.2, 0) is 0 Å². The number of benzene rings is 5. The molecule has 0 N–H and O–H groups in total. The standard InChI is InChI=1S/C41H29N3/c1-2-10-28(11-3-1)29-19-21-30(22-20-29)40-39(32-14-8-13-31(24-32)34-15-9-23-42-26-34)27-43-41(44-40)38-25-33-12-4-5-16-35(33)36-17-6-7-18-37(36)38/h1-19,21,23-27H,20,22H2. The first-order valence-corrected chi connectivity index (χ1v) is 15.1. The fourth-order valence-electron chi connectivity index (χ4n) is 6.33. The van der Waals surface area contributed by atoms with Crippen molar-refractivity contribution in [3.8, 4) is 33.6 Å². The molecule has 0 aliphatic heterocycles. The van der Waals surface area contributed by atoms with Gasteiger partial charge < -0.3 is 0 Å². The maximum atomic E-state index is 5.38. The van der Waals surface area contributed by atoms with Crippen LogP contribution in [0.25, 0.3) is 66.3 Å². The van der Waals surface area contributed by atoms with Gasteiger partial charge in [0.25, 0.3) is 0 Å². The predicted molar refractivity (Wildman–Crippen MR) is 183 cm³/mol. The van der Waals surface area contributed by atoms with Gasteiger partial charge in [-0.3, -0.25) is 4.98 Å². The van der Waals surface area contributed by atoms with Gasteiger partial charge >= 0.3 is 0 Å². The van der Waals surface area contributed by atoms with Crippen LogP contribution < -0.4 is 0 Å². The minimum atomic E-state index is 0.743. The second-order valence-electron chi connectivity index (χ2n) is 11.2. The fourth-order valence-corrected chi connectivity index (χ4v) is 6.33. The Morgan fingerprint density at radius 3 is 2.00 bits per heavy atom. The summed E-state index contributed by atoms with van der Waals surface area (Å²) in [7, 11) is 0. The Morgan fingerprint density at radius 1 is 0.477 bits per heavy atom. The highest BCUT2D eigenvalue weighted by Crippen LogP contribution is 2.39. The van der Waals surface area contributed by atoms with Crippen LogP contribution in [0.3, 0.4) is 0 Å². The molecule has 44 heavy (non-hydrogen) atoms. The van der Waals surface area contributed by atoms with E-state index in [1.54, 1.807) is 6.20 Å². The molecule has 0 atom stereocenters. The number of hydrogen-bond acceptors (Lipinski definition) is 3. The van der Waals surface area contributed by atoms with Crippen LogP contribution in [0.4, 0.5) is 0 Å².